The average molecular weight is 389 g/mol. The van der Waals surface area contributed by atoms with Crippen LogP contribution in [-0.2, 0) is 9.31 Å². The van der Waals surface area contributed by atoms with E-state index in [4.69, 9.17) is 20.9 Å². The van der Waals surface area contributed by atoms with Crippen LogP contribution >= 0.6 is 11.6 Å². The lowest BCUT2D eigenvalue weighted by atomic mass is 9.65. The fourth-order valence-corrected chi connectivity index (χ4v) is 3.41. The molecule has 1 aliphatic heterocycles. The predicted molar refractivity (Wildman–Crippen MR) is 106 cm³/mol. The second-order valence-electron chi connectivity index (χ2n) is 7.89. The fraction of sp³-hybridized carbons (Fsp3) is 0.381. The van der Waals surface area contributed by atoms with Crippen LogP contribution in [0.25, 0.3) is 0 Å². The van der Waals surface area contributed by atoms with Gasteiger partial charge in [0.15, 0.2) is 5.78 Å². The van der Waals surface area contributed by atoms with Gasteiger partial charge in [0.1, 0.15) is 5.82 Å². The minimum absolute atomic E-state index is 0.116. The predicted octanol–water partition coefficient (Wildman–Crippen LogP) is 5.47. The molecule has 0 radical (unpaired) electrons. The standard InChI is InChI=1S/C21H23BClFO3/c1-20(2)21(3,4)27-22(26-20)17(16-7-5-6-8-18(16)23)13-19(25)14-9-11-15(24)12-10-14/h5-12,17H,13H2,1-4H3. The van der Waals surface area contributed by atoms with E-state index in [1.807, 2.05) is 45.9 Å². The molecule has 27 heavy (non-hydrogen) atoms. The van der Waals surface area contributed by atoms with Gasteiger partial charge in [-0.05, 0) is 63.6 Å². The zero-order valence-corrected chi connectivity index (χ0v) is 16.7. The quantitative estimate of drug-likeness (QED) is 0.503. The Labute approximate surface area is 165 Å². The van der Waals surface area contributed by atoms with Crippen molar-refractivity contribution < 1.29 is 18.5 Å². The summed E-state index contributed by atoms with van der Waals surface area (Å²) in [6, 6.07) is 12.9. The van der Waals surface area contributed by atoms with Crippen LogP contribution in [-0.4, -0.2) is 24.1 Å². The van der Waals surface area contributed by atoms with Gasteiger partial charge in [-0.3, -0.25) is 4.79 Å². The minimum Gasteiger partial charge on any atom is -0.403 e. The lowest BCUT2D eigenvalue weighted by molar-refractivity contribution is 0.00578. The Morgan fingerprint density at radius 3 is 2.15 bits per heavy atom. The molecule has 1 heterocycles. The van der Waals surface area contributed by atoms with E-state index in [0.717, 1.165) is 5.56 Å². The molecule has 0 aromatic heterocycles. The summed E-state index contributed by atoms with van der Waals surface area (Å²) in [6.07, 6.45) is 0.145. The Kier molecular flexibility index (Phi) is 5.48. The highest BCUT2D eigenvalue weighted by Crippen LogP contribution is 2.43. The number of Topliss-reactive ketones (excluding diaryl/α,β-unsaturated/α-hetero) is 1. The first-order valence-electron chi connectivity index (χ1n) is 8.99. The van der Waals surface area contributed by atoms with Crippen LogP contribution in [0.15, 0.2) is 48.5 Å². The molecule has 3 rings (SSSR count). The van der Waals surface area contributed by atoms with Gasteiger partial charge in [-0.2, -0.15) is 0 Å². The number of carbonyl (C=O) groups excluding carboxylic acids is 1. The van der Waals surface area contributed by atoms with Crippen molar-refractivity contribution in [2.75, 3.05) is 0 Å². The first-order valence-corrected chi connectivity index (χ1v) is 9.37. The summed E-state index contributed by atoms with van der Waals surface area (Å²) in [5.41, 5.74) is 0.213. The van der Waals surface area contributed by atoms with Gasteiger partial charge in [0.25, 0.3) is 0 Å². The molecule has 1 saturated heterocycles. The van der Waals surface area contributed by atoms with E-state index in [0.29, 0.717) is 10.6 Å². The van der Waals surface area contributed by atoms with Crippen LogP contribution in [0.1, 0.15) is 55.9 Å². The highest BCUT2D eigenvalue weighted by molar-refractivity contribution is 6.49. The minimum atomic E-state index is -0.612. The highest BCUT2D eigenvalue weighted by Gasteiger charge is 2.54. The topological polar surface area (TPSA) is 35.5 Å². The molecule has 1 atom stereocenters. The molecule has 0 bridgehead atoms. The van der Waals surface area contributed by atoms with E-state index >= 15 is 0 Å². The maximum atomic E-state index is 13.2. The van der Waals surface area contributed by atoms with Gasteiger partial charge in [-0.1, -0.05) is 29.8 Å². The molecule has 0 N–H and O–H groups in total. The van der Waals surface area contributed by atoms with Crippen molar-refractivity contribution in [3.05, 3.63) is 70.5 Å². The van der Waals surface area contributed by atoms with Gasteiger partial charge in [0, 0.05) is 22.8 Å². The molecule has 1 fully saturated rings. The number of carbonyl (C=O) groups is 1. The Morgan fingerprint density at radius 2 is 1.59 bits per heavy atom. The van der Waals surface area contributed by atoms with Crippen molar-refractivity contribution in [3.8, 4) is 0 Å². The molecule has 1 aliphatic rings. The zero-order valence-electron chi connectivity index (χ0n) is 16.0. The average Bonchev–Trinajstić information content (AvgIpc) is 2.81. The molecule has 0 saturated carbocycles. The molecular weight excluding hydrogens is 365 g/mol. The first-order chi connectivity index (χ1) is 12.6. The second-order valence-corrected chi connectivity index (χ2v) is 8.29. The normalized spacial score (nSPS) is 19.1. The maximum absolute atomic E-state index is 13.2. The van der Waals surface area contributed by atoms with Crippen LogP contribution in [0.2, 0.25) is 5.02 Å². The fourth-order valence-electron chi connectivity index (χ4n) is 3.13. The van der Waals surface area contributed by atoms with Crippen LogP contribution in [0, 0.1) is 5.82 Å². The monoisotopic (exact) mass is 388 g/mol. The van der Waals surface area contributed by atoms with Crippen molar-refractivity contribution in [2.24, 2.45) is 0 Å². The van der Waals surface area contributed by atoms with E-state index in [9.17, 15) is 9.18 Å². The smallest absolute Gasteiger partial charge is 0.403 e. The molecule has 0 amide bonds. The van der Waals surface area contributed by atoms with E-state index in [2.05, 4.69) is 0 Å². The van der Waals surface area contributed by atoms with E-state index in [-0.39, 0.29) is 23.8 Å². The molecule has 0 spiro atoms. The van der Waals surface area contributed by atoms with Crippen LogP contribution < -0.4 is 0 Å². The first kappa shape index (κ1) is 20.1. The van der Waals surface area contributed by atoms with Gasteiger partial charge in [-0.15, -0.1) is 0 Å². The molecule has 2 aromatic rings. The summed E-state index contributed by atoms with van der Waals surface area (Å²) in [5, 5.41) is 0.559. The van der Waals surface area contributed by atoms with Crippen molar-refractivity contribution in [1.29, 1.82) is 0 Å². The number of ketones is 1. The Balaban J connectivity index is 1.93. The summed E-state index contributed by atoms with van der Waals surface area (Å²) in [4.78, 5) is 12.9. The SMILES string of the molecule is CC1(C)OB(C(CC(=O)c2ccc(F)cc2)c2ccccc2Cl)OC1(C)C. The number of hydrogen-bond acceptors (Lipinski definition) is 3. The van der Waals surface area contributed by atoms with Gasteiger partial charge < -0.3 is 9.31 Å². The molecule has 3 nitrogen and oxygen atoms in total. The lowest BCUT2D eigenvalue weighted by Gasteiger charge is -2.32. The Bertz CT molecular complexity index is 820. The molecule has 142 valence electrons. The van der Waals surface area contributed by atoms with Gasteiger partial charge in [0.05, 0.1) is 11.2 Å². The summed E-state index contributed by atoms with van der Waals surface area (Å²) < 4.78 is 25.6. The molecular formula is C21H23BClFO3. The Morgan fingerprint density at radius 1 is 1.04 bits per heavy atom. The van der Waals surface area contributed by atoms with Crippen LogP contribution in [0.4, 0.5) is 4.39 Å². The largest absolute Gasteiger partial charge is 0.466 e. The van der Waals surface area contributed by atoms with Crippen LogP contribution in [0.3, 0.4) is 0 Å². The number of halogens is 2. The van der Waals surface area contributed by atoms with E-state index in [1.54, 1.807) is 6.07 Å². The third kappa shape index (κ3) is 4.10. The van der Waals surface area contributed by atoms with Crippen molar-refractivity contribution in [2.45, 2.75) is 51.1 Å². The number of rotatable bonds is 5. The highest BCUT2D eigenvalue weighted by atomic mass is 35.5. The second kappa shape index (κ2) is 7.38. The third-order valence-electron chi connectivity index (χ3n) is 5.48. The zero-order chi connectivity index (χ0) is 19.8. The van der Waals surface area contributed by atoms with Crippen molar-refractivity contribution >= 4 is 24.5 Å². The summed E-state index contributed by atoms with van der Waals surface area (Å²) in [5.74, 6) is -0.868. The van der Waals surface area contributed by atoms with Gasteiger partial charge in [0.2, 0.25) is 0 Å². The lowest BCUT2D eigenvalue weighted by Crippen LogP contribution is -2.41. The summed E-state index contributed by atoms with van der Waals surface area (Å²) in [7, 11) is -0.612. The van der Waals surface area contributed by atoms with Crippen LogP contribution in [0.5, 0.6) is 0 Å². The van der Waals surface area contributed by atoms with Gasteiger partial charge in [-0.25, -0.2) is 4.39 Å². The summed E-state index contributed by atoms with van der Waals surface area (Å²) in [6.45, 7) is 7.88. The van der Waals surface area contributed by atoms with Gasteiger partial charge >= 0.3 is 7.12 Å². The maximum Gasteiger partial charge on any atom is 0.466 e. The third-order valence-corrected chi connectivity index (χ3v) is 5.82. The van der Waals surface area contributed by atoms with Crippen molar-refractivity contribution in [1.82, 2.24) is 0 Å². The molecule has 1 unspecified atom stereocenters. The molecule has 2 aromatic carbocycles. The Hall–Kier alpha value is -1.69. The molecule has 6 heteroatoms. The van der Waals surface area contributed by atoms with E-state index in [1.165, 1.54) is 24.3 Å². The number of hydrogen-bond donors (Lipinski definition) is 0. The number of benzene rings is 2. The van der Waals surface area contributed by atoms with E-state index < -0.39 is 18.3 Å². The van der Waals surface area contributed by atoms with Crippen molar-refractivity contribution in [3.63, 3.8) is 0 Å². The summed E-state index contributed by atoms with van der Waals surface area (Å²) >= 11 is 6.42. The molecule has 0 aliphatic carbocycles.